The highest BCUT2D eigenvalue weighted by molar-refractivity contribution is 7.89. The van der Waals surface area contributed by atoms with Gasteiger partial charge in [-0.2, -0.15) is 17.5 Å². The molecule has 0 unspecified atom stereocenters. The maximum absolute atomic E-state index is 14.1. The monoisotopic (exact) mass is 542 g/mol. The van der Waals surface area contributed by atoms with E-state index in [0.29, 0.717) is 23.8 Å². The van der Waals surface area contributed by atoms with E-state index in [1.54, 1.807) is 6.92 Å². The summed E-state index contributed by atoms with van der Waals surface area (Å²) in [6.45, 7) is 1.61. The molecule has 198 valence electrons. The van der Waals surface area contributed by atoms with Crippen molar-refractivity contribution in [1.82, 2.24) is 14.2 Å². The molecule has 2 amide bonds. The normalized spacial score (nSPS) is 22.3. The van der Waals surface area contributed by atoms with Crippen molar-refractivity contribution in [2.45, 2.75) is 42.9 Å². The van der Waals surface area contributed by atoms with Crippen molar-refractivity contribution >= 4 is 27.8 Å². The highest BCUT2D eigenvalue weighted by Gasteiger charge is 2.58. The number of carbonyl (C=O) groups is 2. The Morgan fingerprint density at radius 3 is 2.38 bits per heavy atom. The SMILES string of the molecule is C[C@@H]1CN(C(=O)O)c2nc(C(F)(F)F)ccc2C(=O)N1C1CC2(C1)CN(S(=O)(=O)c1ccccc1F)C2. The molecule has 37 heavy (non-hydrogen) atoms. The van der Waals surface area contributed by atoms with Gasteiger partial charge in [0, 0.05) is 30.6 Å². The standard InChI is InChI=1S/C23H22F4N4O5S/c1-13-10-30(21(33)34)19-15(6-7-18(28-19)23(25,26)27)20(32)31(13)14-8-22(9-14)11-29(12-22)37(35,36)17-5-3-2-4-16(17)24/h2-7,13-14H,8-12H2,1H3,(H,33,34)/t13-/m1/s1. The van der Waals surface area contributed by atoms with E-state index in [9.17, 15) is 40.7 Å². The van der Waals surface area contributed by atoms with Gasteiger partial charge < -0.3 is 10.0 Å². The first kappa shape index (κ1) is 25.4. The molecule has 2 aromatic rings. The van der Waals surface area contributed by atoms with Gasteiger partial charge in [0.25, 0.3) is 5.91 Å². The van der Waals surface area contributed by atoms with Gasteiger partial charge in [0.05, 0.1) is 12.1 Å². The second kappa shape index (κ2) is 8.38. The largest absolute Gasteiger partial charge is 0.465 e. The van der Waals surface area contributed by atoms with Gasteiger partial charge in [-0.05, 0) is 44.0 Å². The molecular weight excluding hydrogens is 520 g/mol. The van der Waals surface area contributed by atoms with Gasteiger partial charge in [-0.15, -0.1) is 0 Å². The molecule has 1 aromatic carbocycles. The fourth-order valence-corrected chi connectivity index (χ4v) is 7.24. The predicted octanol–water partition coefficient (Wildman–Crippen LogP) is 3.42. The summed E-state index contributed by atoms with van der Waals surface area (Å²) in [7, 11) is -4.02. The molecule has 1 saturated carbocycles. The summed E-state index contributed by atoms with van der Waals surface area (Å²) in [4.78, 5) is 30.4. The van der Waals surface area contributed by atoms with Gasteiger partial charge in [-0.25, -0.2) is 22.6 Å². The number of nitrogens with zero attached hydrogens (tertiary/aromatic N) is 4. The quantitative estimate of drug-likeness (QED) is 0.596. The number of anilines is 1. The third kappa shape index (κ3) is 4.11. The molecule has 9 nitrogen and oxygen atoms in total. The summed E-state index contributed by atoms with van der Waals surface area (Å²) in [6.07, 6.45) is -5.52. The van der Waals surface area contributed by atoms with E-state index in [1.165, 1.54) is 27.4 Å². The Morgan fingerprint density at radius 1 is 1.14 bits per heavy atom. The summed E-state index contributed by atoms with van der Waals surface area (Å²) < 4.78 is 80.5. The molecule has 2 aliphatic heterocycles. The second-order valence-electron chi connectivity index (χ2n) is 9.79. The van der Waals surface area contributed by atoms with E-state index in [0.717, 1.165) is 12.1 Å². The Kier molecular flexibility index (Phi) is 5.75. The van der Waals surface area contributed by atoms with Crippen molar-refractivity contribution in [2.24, 2.45) is 5.41 Å². The fraction of sp³-hybridized carbons (Fsp3) is 0.435. The highest BCUT2D eigenvalue weighted by atomic mass is 32.2. The molecule has 14 heteroatoms. The fourth-order valence-electron chi connectivity index (χ4n) is 5.51. The Morgan fingerprint density at radius 2 is 1.78 bits per heavy atom. The lowest BCUT2D eigenvalue weighted by molar-refractivity contribution is -0.141. The van der Waals surface area contributed by atoms with Gasteiger partial charge in [0.1, 0.15) is 16.4 Å². The third-order valence-electron chi connectivity index (χ3n) is 7.25. The van der Waals surface area contributed by atoms with Crippen LogP contribution in [0.25, 0.3) is 0 Å². The molecule has 3 heterocycles. The number of hydrogen-bond donors (Lipinski definition) is 1. The number of rotatable bonds is 3. The Hall–Kier alpha value is -3.26. The second-order valence-corrected chi connectivity index (χ2v) is 11.7. The molecule has 1 aliphatic carbocycles. The third-order valence-corrected chi connectivity index (χ3v) is 9.07. The van der Waals surface area contributed by atoms with Crippen LogP contribution in [0.4, 0.5) is 28.2 Å². The van der Waals surface area contributed by atoms with E-state index in [1.807, 2.05) is 0 Å². The van der Waals surface area contributed by atoms with Crippen LogP contribution in [0, 0.1) is 11.2 Å². The zero-order valence-corrected chi connectivity index (χ0v) is 20.3. The minimum Gasteiger partial charge on any atom is -0.465 e. The summed E-state index contributed by atoms with van der Waals surface area (Å²) >= 11 is 0. The molecule has 0 radical (unpaired) electrons. The van der Waals surface area contributed by atoms with Crippen LogP contribution in [-0.4, -0.2) is 71.4 Å². The Bertz CT molecular complexity index is 1390. The van der Waals surface area contributed by atoms with Crippen LogP contribution in [0.15, 0.2) is 41.3 Å². The number of alkyl halides is 3. The molecule has 1 atom stereocenters. The van der Waals surface area contributed by atoms with Gasteiger partial charge in [-0.3, -0.25) is 9.69 Å². The average Bonchev–Trinajstić information content (AvgIpc) is 2.86. The Labute approximate surface area is 209 Å². The number of sulfonamides is 1. The first-order valence-corrected chi connectivity index (χ1v) is 12.8. The molecule has 1 spiro atoms. The molecule has 1 N–H and O–H groups in total. The number of pyridine rings is 1. The number of aromatic nitrogens is 1. The minimum atomic E-state index is -4.82. The number of carboxylic acid groups (broad SMARTS) is 1. The van der Waals surface area contributed by atoms with Crippen molar-refractivity contribution in [2.75, 3.05) is 24.5 Å². The highest BCUT2D eigenvalue weighted by Crippen LogP contribution is 2.52. The molecule has 2 fully saturated rings. The zero-order chi connectivity index (χ0) is 26.9. The molecule has 1 saturated heterocycles. The summed E-state index contributed by atoms with van der Waals surface area (Å²) in [5.41, 5.74) is -1.97. The lowest BCUT2D eigenvalue weighted by atomic mass is 9.61. The number of carbonyl (C=O) groups excluding carboxylic acids is 1. The topological polar surface area (TPSA) is 111 Å². The van der Waals surface area contributed by atoms with Gasteiger partial charge in [0.15, 0.2) is 5.82 Å². The number of fused-ring (bicyclic) bond motifs is 1. The number of halogens is 4. The van der Waals surface area contributed by atoms with Gasteiger partial charge in [0.2, 0.25) is 10.0 Å². The Balaban J connectivity index is 1.35. The van der Waals surface area contributed by atoms with Crippen LogP contribution in [0.2, 0.25) is 0 Å². The number of amides is 2. The maximum atomic E-state index is 14.1. The van der Waals surface area contributed by atoms with Crippen LogP contribution in [0.1, 0.15) is 35.8 Å². The van der Waals surface area contributed by atoms with Crippen molar-refractivity contribution in [3.63, 3.8) is 0 Å². The first-order valence-electron chi connectivity index (χ1n) is 11.4. The van der Waals surface area contributed by atoms with Gasteiger partial charge in [-0.1, -0.05) is 12.1 Å². The van der Waals surface area contributed by atoms with E-state index < -0.39 is 61.9 Å². The van der Waals surface area contributed by atoms with Crippen LogP contribution in [0.5, 0.6) is 0 Å². The molecule has 0 bridgehead atoms. The van der Waals surface area contributed by atoms with Crippen LogP contribution < -0.4 is 4.90 Å². The lowest BCUT2D eigenvalue weighted by Crippen LogP contribution is -2.68. The van der Waals surface area contributed by atoms with Crippen LogP contribution in [0.3, 0.4) is 0 Å². The van der Waals surface area contributed by atoms with E-state index in [2.05, 4.69) is 4.98 Å². The number of hydrogen-bond acceptors (Lipinski definition) is 5. The van der Waals surface area contributed by atoms with Crippen molar-refractivity contribution in [3.8, 4) is 0 Å². The number of benzene rings is 1. The average molecular weight is 543 g/mol. The van der Waals surface area contributed by atoms with Crippen molar-refractivity contribution in [1.29, 1.82) is 0 Å². The summed E-state index contributed by atoms with van der Waals surface area (Å²) in [5, 5.41) is 9.64. The smallest absolute Gasteiger partial charge is 0.433 e. The van der Waals surface area contributed by atoms with Crippen LogP contribution in [-0.2, 0) is 16.2 Å². The van der Waals surface area contributed by atoms with E-state index in [4.69, 9.17) is 0 Å². The molecule has 5 rings (SSSR count). The van der Waals surface area contributed by atoms with Gasteiger partial charge >= 0.3 is 12.3 Å². The van der Waals surface area contributed by atoms with Crippen molar-refractivity contribution < 1.29 is 40.7 Å². The maximum Gasteiger partial charge on any atom is 0.433 e. The predicted molar refractivity (Wildman–Crippen MR) is 121 cm³/mol. The first-order chi connectivity index (χ1) is 17.2. The van der Waals surface area contributed by atoms with E-state index >= 15 is 0 Å². The molecule has 3 aliphatic rings. The summed E-state index contributed by atoms with van der Waals surface area (Å²) in [6, 6.07) is 5.63. The zero-order valence-electron chi connectivity index (χ0n) is 19.4. The molecule has 1 aromatic heterocycles. The summed E-state index contributed by atoms with van der Waals surface area (Å²) in [5.74, 6) is -2.05. The van der Waals surface area contributed by atoms with Crippen molar-refractivity contribution in [3.05, 3.63) is 53.5 Å². The molecular formula is C23H22F4N4O5S. The van der Waals surface area contributed by atoms with Crippen LogP contribution >= 0.6 is 0 Å². The minimum absolute atomic E-state index is 0.144. The van der Waals surface area contributed by atoms with E-state index in [-0.39, 0.29) is 31.2 Å². The lowest BCUT2D eigenvalue weighted by Gasteiger charge is -2.60.